The minimum absolute atomic E-state index is 0.0333. The fraction of sp³-hybridized carbons (Fsp3) is 0.368. The second kappa shape index (κ2) is 8.42. The summed E-state index contributed by atoms with van der Waals surface area (Å²) >= 11 is 1.12. The van der Waals surface area contributed by atoms with E-state index < -0.39 is 41.2 Å². The number of hydrogen-bond acceptors (Lipinski definition) is 6. The number of esters is 1. The molecule has 2 amide bonds. The summed E-state index contributed by atoms with van der Waals surface area (Å²) in [7, 11) is 1.23. The van der Waals surface area contributed by atoms with E-state index in [-0.39, 0.29) is 35.4 Å². The van der Waals surface area contributed by atoms with E-state index in [2.05, 4.69) is 10.3 Å². The van der Waals surface area contributed by atoms with E-state index in [1.54, 1.807) is 0 Å². The first-order valence-corrected chi connectivity index (χ1v) is 9.78. The van der Waals surface area contributed by atoms with Gasteiger partial charge in [0, 0.05) is 35.7 Å². The van der Waals surface area contributed by atoms with Gasteiger partial charge >= 0.3 is 5.97 Å². The van der Waals surface area contributed by atoms with Crippen LogP contribution in [0.1, 0.15) is 41.6 Å². The van der Waals surface area contributed by atoms with Crippen molar-refractivity contribution in [2.75, 3.05) is 23.9 Å². The van der Waals surface area contributed by atoms with Gasteiger partial charge in [-0.3, -0.25) is 9.59 Å². The summed E-state index contributed by atoms with van der Waals surface area (Å²) in [6.07, 6.45) is -0.196. The second-order valence-electron chi connectivity index (χ2n) is 7.00. The molecule has 0 aliphatic carbocycles. The summed E-state index contributed by atoms with van der Waals surface area (Å²) in [4.78, 5) is 42.5. The number of methoxy groups -OCH3 is 1. The molecule has 0 spiro atoms. The van der Waals surface area contributed by atoms with E-state index in [4.69, 9.17) is 4.74 Å². The number of hydrogen-bond donors (Lipinski definition) is 1. The molecule has 30 heavy (non-hydrogen) atoms. The van der Waals surface area contributed by atoms with E-state index in [0.29, 0.717) is 17.0 Å². The number of ether oxygens (including phenoxy) is 1. The second-order valence-corrected chi connectivity index (χ2v) is 8.03. The Labute approximate surface area is 173 Å². The van der Waals surface area contributed by atoms with Crippen LogP contribution in [0.5, 0.6) is 0 Å². The van der Waals surface area contributed by atoms with E-state index in [1.807, 2.05) is 13.8 Å². The highest BCUT2D eigenvalue weighted by Gasteiger charge is 2.36. The highest BCUT2D eigenvalue weighted by molar-refractivity contribution is 7.16. The van der Waals surface area contributed by atoms with Gasteiger partial charge in [0.05, 0.1) is 13.0 Å². The summed E-state index contributed by atoms with van der Waals surface area (Å²) < 4.78 is 44.8. The molecule has 2 aromatic rings. The lowest BCUT2D eigenvalue weighted by Crippen LogP contribution is -2.28. The monoisotopic (exact) mass is 441 g/mol. The van der Waals surface area contributed by atoms with Gasteiger partial charge in [0.15, 0.2) is 28.3 Å². The summed E-state index contributed by atoms with van der Waals surface area (Å²) in [6, 6.07) is 1.41. The molecule has 1 aromatic carbocycles. The molecule has 0 saturated carbocycles. The number of rotatable bonds is 5. The minimum atomic E-state index is -1.63. The van der Waals surface area contributed by atoms with E-state index in [1.165, 1.54) is 7.11 Å². The molecule has 1 saturated heterocycles. The predicted molar refractivity (Wildman–Crippen MR) is 103 cm³/mol. The van der Waals surface area contributed by atoms with Gasteiger partial charge in [-0.25, -0.2) is 22.9 Å². The SMILES string of the molecule is COC(=O)c1nc(NC(=O)[C@@H]2CC(=O)N(c3cc(F)c(F)c(F)c3)C2)sc1C(C)C. The number of carbonyl (C=O) groups excluding carboxylic acids is 3. The molecule has 3 rings (SSSR count). The van der Waals surface area contributed by atoms with E-state index >= 15 is 0 Å². The lowest BCUT2D eigenvalue weighted by Gasteiger charge is -2.17. The molecule has 0 unspecified atom stereocenters. The van der Waals surface area contributed by atoms with Crippen LogP contribution in [0, 0.1) is 23.4 Å². The Kier molecular flexibility index (Phi) is 6.11. The summed E-state index contributed by atoms with van der Waals surface area (Å²) in [5.74, 6) is -7.03. The molecule has 1 aromatic heterocycles. The van der Waals surface area contributed by atoms with Crippen molar-refractivity contribution in [3.8, 4) is 0 Å². The summed E-state index contributed by atoms with van der Waals surface area (Å²) in [5.41, 5.74) is -0.0646. The third-order valence-corrected chi connectivity index (χ3v) is 5.83. The van der Waals surface area contributed by atoms with Crippen LogP contribution in [0.25, 0.3) is 0 Å². The largest absolute Gasteiger partial charge is 0.464 e. The molecule has 1 fully saturated rings. The van der Waals surface area contributed by atoms with Crippen molar-refractivity contribution in [1.29, 1.82) is 0 Å². The number of thiazole rings is 1. The Balaban J connectivity index is 1.76. The molecule has 11 heteroatoms. The van der Waals surface area contributed by atoms with Gasteiger partial charge in [0.2, 0.25) is 11.8 Å². The van der Waals surface area contributed by atoms with Crippen LogP contribution in [-0.4, -0.2) is 36.4 Å². The standard InChI is InChI=1S/C19H18F3N3O4S/c1-8(2)16-15(18(28)29-3)23-19(30-16)24-17(27)9-4-13(26)25(7-9)10-5-11(20)14(22)12(21)6-10/h5-6,8-9H,4,7H2,1-3H3,(H,23,24,27)/t9-/m1/s1. The smallest absolute Gasteiger partial charge is 0.357 e. The number of amides is 2. The first kappa shape index (κ1) is 21.8. The zero-order valence-electron chi connectivity index (χ0n) is 16.3. The van der Waals surface area contributed by atoms with Crippen molar-refractivity contribution in [2.24, 2.45) is 5.92 Å². The van der Waals surface area contributed by atoms with Crippen molar-refractivity contribution >= 4 is 39.9 Å². The molecule has 1 aliphatic heterocycles. The first-order valence-electron chi connectivity index (χ1n) is 8.97. The predicted octanol–water partition coefficient (Wildman–Crippen LogP) is 3.46. The summed E-state index contributed by atoms with van der Waals surface area (Å²) in [6.45, 7) is 3.58. The van der Waals surface area contributed by atoms with Gasteiger partial charge in [-0.2, -0.15) is 0 Å². The number of benzene rings is 1. The zero-order valence-corrected chi connectivity index (χ0v) is 17.1. The Morgan fingerprint density at radius 1 is 1.27 bits per heavy atom. The minimum Gasteiger partial charge on any atom is -0.464 e. The molecule has 2 heterocycles. The van der Waals surface area contributed by atoms with Crippen molar-refractivity contribution in [1.82, 2.24) is 4.98 Å². The van der Waals surface area contributed by atoms with Crippen LogP contribution >= 0.6 is 11.3 Å². The molecule has 1 atom stereocenters. The number of carbonyl (C=O) groups is 3. The van der Waals surface area contributed by atoms with E-state index in [9.17, 15) is 27.6 Å². The topological polar surface area (TPSA) is 88.6 Å². The number of anilines is 2. The van der Waals surface area contributed by atoms with Crippen LogP contribution in [0.15, 0.2) is 12.1 Å². The van der Waals surface area contributed by atoms with Gasteiger partial charge in [-0.05, 0) is 5.92 Å². The Morgan fingerprint density at radius 3 is 2.47 bits per heavy atom. The Morgan fingerprint density at radius 2 is 1.90 bits per heavy atom. The fourth-order valence-corrected chi connectivity index (χ4v) is 4.02. The van der Waals surface area contributed by atoms with Gasteiger partial charge in [0.25, 0.3) is 0 Å². The van der Waals surface area contributed by atoms with E-state index in [0.717, 1.165) is 16.2 Å². The van der Waals surface area contributed by atoms with Crippen molar-refractivity contribution in [3.05, 3.63) is 40.2 Å². The third kappa shape index (κ3) is 4.16. The quantitative estimate of drug-likeness (QED) is 0.567. The average molecular weight is 441 g/mol. The Bertz CT molecular complexity index is 1000. The van der Waals surface area contributed by atoms with Crippen LogP contribution < -0.4 is 10.2 Å². The fourth-order valence-electron chi connectivity index (χ4n) is 3.06. The van der Waals surface area contributed by atoms with Crippen LogP contribution in [0.4, 0.5) is 24.0 Å². The number of halogens is 3. The maximum absolute atomic E-state index is 13.5. The molecule has 1 N–H and O–H groups in total. The first-order chi connectivity index (χ1) is 14.1. The normalized spacial score (nSPS) is 16.3. The lowest BCUT2D eigenvalue weighted by atomic mass is 10.1. The third-order valence-electron chi connectivity index (χ3n) is 4.56. The van der Waals surface area contributed by atoms with Crippen LogP contribution in [-0.2, 0) is 14.3 Å². The molecule has 160 valence electrons. The number of aromatic nitrogens is 1. The average Bonchev–Trinajstić information content (AvgIpc) is 3.29. The van der Waals surface area contributed by atoms with Gasteiger partial charge in [-0.15, -0.1) is 11.3 Å². The molecule has 1 aliphatic rings. The van der Waals surface area contributed by atoms with Crippen LogP contribution in [0.2, 0.25) is 0 Å². The molecule has 7 nitrogen and oxygen atoms in total. The highest BCUT2D eigenvalue weighted by atomic mass is 32.1. The van der Waals surface area contributed by atoms with Crippen molar-refractivity contribution in [2.45, 2.75) is 26.2 Å². The van der Waals surface area contributed by atoms with Gasteiger partial charge in [-0.1, -0.05) is 13.8 Å². The van der Waals surface area contributed by atoms with Gasteiger partial charge < -0.3 is 15.0 Å². The molecular formula is C19H18F3N3O4S. The molecule has 0 radical (unpaired) electrons. The molecule has 0 bridgehead atoms. The molecular weight excluding hydrogens is 423 g/mol. The highest BCUT2D eigenvalue weighted by Crippen LogP contribution is 2.32. The number of nitrogens with one attached hydrogen (secondary N) is 1. The van der Waals surface area contributed by atoms with Crippen molar-refractivity contribution in [3.63, 3.8) is 0 Å². The lowest BCUT2D eigenvalue weighted by molar-refractivity contribution is -0.122. The maximum atomic E-state index is 13.5. The van der Waals surface area contributed by atoms with Gasteiger partial charge in [0.1, 0.15) is 0 Å². The van der Waals surface area contributed by atoms with Crippen LogP contribution in [0.3, 0.4) is 0 Å². The summed E-state index contributed by atoms with van der Waals surface area (Å²) in [5, 5.41) is 2.75. The van der Waals surface area contributed by atoms with Crippen molar-refractivity contribution < 1.29 is 32.3 Å². The zero-order chi connectivity index (χ0) is 22.2. The maximum Gasteiger partial charge on any atom is 0.357 e. The Hall–Kier alpha value is -2.95. The number of nitrogens with zero attached hydrogens (tertiary/aromatic N) is 2.